The molecule has 0 aromatic rings. The molecule has 1 rings (SSSR count). The lowest BCUT2D eigenvalue weighted by Crippen LogP contribution is -2.50. The largest absolute Gasteiger partial charge is 0.465 e. The summed E-state index contributed by atoms with van der Waals surface area (Å²) in [6, 6.07) is 0.362. The number of piperidine rings is 1. The molecule has 0 aromatic heterocycles. The maximum absolute atomic E-state index is 11.9. The van der Waals surface area contributed by atoms with Crippen LogP contribution < -0.4 is 5.32 Å². The number of esters is 1. The summed E-state index contributed by atoms with van der Waals surface area (Å²) in [5.41, 5.74) is 0. The Labute approximate surface area is 117 Å². The lowest BCUT2D eigenvalue weighted by molar-refractivity contribution is -0.146. The van der Waals surface area contributed by atoms with Gasteiger partial charge in [-0.25, -0.2) is 0 Å². The van der Waals surface area contributed by atoms with Crippen molar-refractivity contribution in [1.82, 2.24) is 15.1 Å². The minimum absolute atomic E-state index is 0.135. The van der Waals surface area contributed by atoms with Gasteiger partial charge in [0.25, 0.3) is 0 Å². The highest BCUT2D eigenvalue weighted by Crippen LogP contribution is 2.14. The first-order chi connectivity index (χ1) is 9.08. The zero-order valence-corrected chi connectivity index (χ0v) is 12.8. The van der Waals surface area contributed by atoms with Crippen LogP contribution in [0.1, 0.15) is 26.7 Å². The van der Waals surface area contributed by atoms with Gasteiger partial charge < -0.3 is 19.9 Å². The molecule has 5 nitrogen and oxygen atoms in total. The fraction of sp³-hybridized carbons (Fsp3) is 0.929. The quantitative estimate of drug-likeness (QED) is 0.685. The maximum atomic E-state index is 11.9. The van der Waals surface area contributed by atoms with Crippen LogP contribution in [0.5, 0.6) is 0 Å². The van der Waals surface area contributed by atoms with Crippen LogP contribution in [0.3, 0.4) is 0 Å². The fourth-order valence-electron chi connectivity index (χ4n) is 2.58. The smallest absolute Gasteiger partial charge is 0.324 e. The highest BCUT2D eigenvalue weighted by atomic mass is 16.5. The van der Waals surface area contributed by atoms with Gasteiger partial charge >= 0.3 is 5.97 Å². The van der Waals surface area contributed by atoms with Gasteiger partial charge in [-0.3, -0.25) is 4.79 Å². The summed E-state index contributed by atoms with van der Waals surface area (Å²) in [4.78, 5) is 16.5. The van der Waals surface area contributed by atoms with Gasteiger partial charge in [-0.05, 0) is 53.5 Å². The molecule has 1 heterocycles. The van der Waals surface area contributed by atoms with Crippen molar-refractivity contribution in [3.8, 4) is 0 Å². The van der Waals surface area contributed by atoms with Gasteiger partial charge in [0.2, 0.25) is 0 Å². The maximum Gasteiger partial charge on any atom is 0.324 e. The third-order valence-electron chi connectivity index (χ3n) is 3.80. The predicted octanol–water partition coefficient (Wildman–Crippen LogP) is 0.554. The monoisotopic (exact) mass is 271 g/mol. The van der Waals surface area contributed by atoms with E-state index in [4.69, 9.17) is 4.74 Å². The van der Waals surface area contributed by atoms with Gasteiger partial charge in [0.1, 0.15) is 6.04 Å². The van der Waals surface area contributed by atoms with Crippen LogP contribution >= 0.6 is 0 Å². The summed E-state index contributed by atoms with van der Waals surface area (Å²) in [5.74, 6) is -0.135. The molecule has 112 valence electrons. The third kappa shape index (κ3) is 5.47. The van der Waals surface area contributed by atoms with Gasteiger partial charge in [-0.15, -0.1) is 0 Å². The molecule has 0 saturated carbocycles. The zero-order valence-electron chi connectivity index (χ0n) is 12.8. The van der Waals surface area contributed by atoms with E-state index in [1.807, 2.05) is 13.8 Å². The van der Waals surface area contributed by atoms with Crippen LogP contribution in [0.15, 0.2) is 0 Å². The second kappa shape index (κ2) is 8.51. The molecule has 0 aliphatic carbocycles. The molecule has 0 bridgehead atoms. The van der Waals surface area contributed by atoms with E-state index in [1.54, 1.807) is 0 Å². The Balaban J connectivity index is 2.46. The van der Waals surface area contributed by atoms with E-state index in [-0.39, 0.29) is 12.0 Å². The van der Waals surface area contributed by atoms with Gasteiger partial charge in [0, 0.05) is 12.6 Å². The van der Waals surface area contributed by atoms with Crippen molar-refractivity contribution in [3.05, 3.63) is 0 Å². The van der Waals surface area contributed by atoms with Gasteiger partial charge in [-0.2, -0.15) is 0 Å². The van der Waals surface area contributed by atoms with E-state index >= 15 is 0 Å². The Hall–Kier alpha value is -0.650. The van der Waals surface area contributed by atoms with Crippen molar-refractivity contribution in [2.24, 2.45) is 0 Å². The zero-order chi connectivity index (χ0) is 14.3. The van der Waals surface area contributed by atoms with E-state index in [9.17, 15) is 4.79 Å². The molecule has 1 N–H and O–H groups in total. The number of carbonyl (C=O) groups excluding carboxylic acids is 1. The average molecular weight is 271 g/mol. The van der Waals surface area contributed by atoms with E-state index in [2.05, 4.69) is 29.2 Å². The fourth-order valence-corrected chi connectivity index (χ4v) is 2.58. The van der Waals surface area contributed by atoms with Gasteiger partial charge in [0.15, 0.2) is 0 Å². The minimum atomic E-state index is -0.213. The molecule has 1 saturated heterocycles. The number of carbonyl (C=O) groups is 1. The molecular formula is C14H29N3O2. The molecule has 19 heavy (non-hydrogen) atoms. The summed E-state index contributed by atoms with van der Waals surface area (Å²) in [6.45, 7) is 8.09. The molecule has 1 unspecified atom stereocenters. The van der Waals surface area contributed by atoms with Gasteiger partial charge in [-0.1, -0.05) is 6.92 Å². The van der Waals surface area contributed by atoms with Crippen LogP contribution in [0, 0.1) is 0 Å². The highest BCUT2D eigenvalue weighted by molar-refractivity contribution is 5.76. The van der Waals surface area contributed by atoms with Crippen molar-refractivity contribution >= 4 is 5.97 Å². The van der Waals surface area contributed by atoms with Crippen LogP contribution in [-0.4, -0.2) is 74.7 Å². The lowest BCUT2D eigenvalue weighted by atomic mass is 10.0. The lowest BCUT2D eigenvalue weighted by Gasteiger charge is -2.36. The number of nitrogens with one attached hydrogen (secondary N) is 1. The first kappa shape index (κ1) is 16.4. The van der Waals surface area contributed by atoms with Crippen molar-refractivity contribution < 1.29 is 9.53 Å². The van der Waals surface area contributed by atoms with Crippen LogP contribution in [0.25, 0.3) is 0 Å². The number of ether oxygens (including phenoxy) is 1. The standard InChI is InChI=1S/C14H29N3O2/c1-5-15-13(14(18)19-6-2)11-17(4)12-7-9-16(3)10-8-12/h12-13,15H,5-11H2,1-4H3. The number of nitrogens with zero attached hydrogens (tertiary/aromatic N) is 2. The Morgan fingerprint density at radius 2 is 2.05 bits per heavy atom. The number of hydrogen-bond donors (Lipinski definition) is 1. The predicted molar refractivity (Wildman–Crippen MR) is 77.2 cm³/mol. The van der Waals surface area contributed by atoms with Crippen LogP contribution in [-0.2, 0) is 9.53 Å². The van der Waals surface area contributed by atoms with Crippen molar-refractivity contribution in [2.45, 2.75) is 38.8 Å². The van der Waals surface area contributed by atoms with Crippen molar-refractivity contribution in [3.63, 3.8) is 0 Å². The number of hydrogen-bond acceptors (Lipinski definition) is 5. The Morgan fingerprint density at radius 3 is 2.58 bits per heavy atom. The molecule has 1 atom stereocenters. The van der Waals surface area contributed by atoms with Crippen LogP contribution in [0.2, 0.25) is 0 Å². The van der Waals surface area contributed by atoms with Crippen molar-refractivity contribution in [2.75, 3.05) is 46.9 Å². The summed E-state index contributed by atoms with van der Waals surface area (Å²) in [7, 11) is 4.27. The molecule has 1 aliphatic rings. The molecule has 1 aliphatic heterocycles. The van der Waals surface area contributed by atoms with E-state index in [0.29, 0.717) is 12.6 Å². The summed E-state index contributed by atoms with van der Waals surface area (Å²) >= 11 is 0. The topological polar surface area (TPSA) is 44.8 Å². The molecule has 0 radical (unpaired) electrons. The molecule has 1 fully saturated rings. The summed E-state index contributed by atoms with van der Waals surface area (Å²) in [6.07, 6.45) is 2.35. The second-order valence-electron chi connectivity index (χ2n) is 5.34. The second-order valence-corrected chi connectivity index (χ2v) is 5.34. The molecule has 0 spiro atoms. The van der Waals surface area contributed by atoms with Crippen LogP contribution in [0.4, 0.5) is 0 Å². The number of rotatable bonds is 7. The normalized spacial score (nSPS) is 19.6. The molecule has 0 aromatic carbocycles. The number of likely N-dealkylation sites (tertiary alicyclic amines) is 1. The molecule has 0 amide bonds. The molecular weight excluding hydrogens is 242 g/mol. The molecule has 5 heteroatoms. The Kier molecular flexibility index (Phi) is 7.34. The average Bonchev–Trinajstić information content (AvgIpc) is 2.39. The van der Waals surface area contributed by atoms with Gasteiger partial charge in [0.05, 0.1) is 6.61 Å². The van der Waals surface area contributed by atoms with Crippen molar-refractivity contribution in [1.29, 1.82) is 0 Å². The van der Waals surface area contributed by atoms with E-state index in [1.165, 1.54) is 12.8 Å². The summed E-state index contributed by atoms with van der Waals surface area (Å²) in [5, 5.41) is 3.22. The minimum Gasteiger partial charge on any atom is -0.465 e. The first-order valence-corrected chi connectivity index (χ1v) is 7.37. The Bertz CT molecular complexity index is 265. The Morgan fingerprint density at radius 1 is 1.42 bits per heavy atom. The van der Waals surface area contributed by atoms with E-state index < -0.39 is 0 Å². The highest BCUT2D eigenvalue weighted by Gasteiger charge is 2.26. The summed E-state index contributed by atoms with van der Waals surface area (Å²) < 4.78 is 5.13. The third-order valence-corrected chi connectivity index (χ3v) is 3.80. The van der Waals surface area contributed by atoms with E-state index in [0.717, 1.165) is 26.2 Å². The SMILES string of the molecule is CCNC(CN(C)C1CCN(C)CC1)C(=O)OCC. The number of likely N-dealkylation sites (N-methyl/N-ethyl adjacent to an activating group) is 2. The first-order valence-electron chi connectivity index (χ1n) is 7.37.